The minimum absolute atomic E-state index is 0.0235. The van der Waals surface area contributed by atoms with Gasteiger partial charge in [-0.1, -0.05) is 0 Å². The third-order valence-corrected chi connectivity index (χ3v) is 7.11. The van der Waals surface area contributed by atoms with Crippen LogP contribution in [0.4, 0.5) is 5.69 Å². The number of amides is 2. The van der Waals surface area contributed by atoms with E-state index in [1.54, 1.807) is 0 Å². The van der Waals surface area contributed by atoms with Crippen LogP contribution in [0.1, 0.15) is 31.2 Å². The number of rotatable bonds is 5. The van der Waals surface area contributed by atoms with Gasteiger partial charge in [-0.2, -0.15) is 0 Å². The molecule has 2 bridgehead atoms. The topological polar surface area (TPSA) is 103 Å². The molecule has 3 aliphatic heterocycles. The second-order valence-electron chi connectivity index (χ2n) is 9.41. The summed E-state index contributed by atoms with van der Waals surface area (Å²) in [5, 5.41) is 15.0. The number of morpholine rings is 1. The highest BCUT2D eigenvalue weighted by Gasteiger charge is 2.32. The average molecular weight is 475 g/mol. The highest BCUT2D eigenvalue weighted by Crippen LogP contribution is 2.31. The molecule has 2 fully saturated rings. The fourth-order valence-electron chi connectivity index (χ4n) is 5.22. The first-order chi connectivity index (χ1) is 16.6. The summed E-state index contributed by atoms with van der Waals surface area (Å²) in [7, 11) is 0. The minimum Gasteiger partial charge on any atom is -0.493 e. The van der Waals surface area contributed by atoms with Gasteiger partial charge in [0.25, 0.3) is 0 Å². The lowest BCUT2D eigenvalue weighted by Gasteiger charge is -2.38. The maximum atomic E-state index is 12.9. The van der Waals surface area contributed by atoms with Gasteiger partial charge in [-0.15, -0.1) is 0 Å². The zero-order valence-electron chi connectivity index (χ0n) is 20.0. The number of anilines is 1. The lowest BCUT2D eigenvalue weighted by Crippen LogP contribution is -2.47. The second-order valence-corrected chi connectivity index (χ2v) is 9.41. The van der Waals surface area contributed by atoms with Crippen LogP contribution in [0.5, 0.6) is 5.75 Å². The summed E-state index contributed by atoms with van der Waals surface area (Å²) < 4.78 is 11.7. The number of aliphatic hydroxyl groups is 1. The molecule has 4 rings (SSSR count). The van der Waals surface area contributed by atoms with E-state index in [2.05, 4.69) is 27.7 Å². The second kappa shape index (κ2) is 12.4. The van der Waals surface area contributed by atoms with Gasteiger partial charge in [0.2, 0.25) is 11.8 Å². The molecule has 2 amide bonds. The van der Waals surface area contributed by atoms with Crippen LogP contribution in [0.2, 0.25) is 0 Å². The molecular formula is C25H38N4O5. The highest BCUT2D eigenvalue weighted by atomic mass is 16.5. The predicted molar refractivity (Wildman–Crippen MR) is 129 cm³/mol. The minimum atomic E-state index is -0.0537. The summed E-state index contributed by atoms with van der Waals surface area (Å²) >= 11 is 0. The molecule has 3 aliphatic rings. The van der Waals surface area contributed by atoms with Crippen molar-refractivity contribution in [1.82, 2.24) is 15.5 Å². The predicted octanol–water partition coefficient (Wildman–Crippen LogP) is 0.749. The van der Waals surface area contributed by atoms with Crippen LogP contribution < -0.4 is 20.3 Å². The third kappa shape index (κ3) is 6.61. The number of nitrogens with zero attached hydrogens (tertiary/aromatic N) is 2. The van der Waals surface area contributed by atoms with Gasteiger partial charge >= 0.3 is 0 Å². The van der Waals surface area contributed by atoms with E-state index in [0.717, 1.165) is 62.6 Å². The maximum Gasteiger partial charge on any atom is 0.236 e. The Balaban J connectivity index is 1.42. The molecule has 0 aliphatic carbocycles. The Morgan fingerprint density at radius 3 is 2.79 bits per heavy atom. The molecular weight excluding hydrogens is 436 g/mol. The SMILES string of the molecule is O=C(C[C@@H]1CCN2C[C@@H]1CCCOc1ccc(N3CCOCC3)cc1CNCC2=O)NCCO. The van der Waals surface area contributed by atoms with E-state index in [-0.39, 0.29) is 43.3 Å². The molecule has 3 heterocycles. The Morgan fingerprint density at radius 1 is 1.12 bits per heavy atom. The summed E-state index contributed by atoms with van der Waals surface area (Å²) in [5.74, 6) is 1.46. The number of ether oxygens (including phenoxy) is 2. The molecule has 0 aromatic heterocycles. The van der Waals surface area contributed by atoms with Gasteiger partial charge in [0, 0.05) is 56.9 Å². The zero-order valence-corrected chi connectivity index (χ0v) is 20.0. The van der Waals surface area contributed by atoms with E-state index >= 15 is 0 Å². The highest BCUT2D eigenvalue weighted by molar-refractivity contribution is 5.78. The van der Waals surface area contributed by atoms with E-state index < -0.39 is 0 Å². The van der Waals surface area contributed by atoms with E-state index in [9.17, 15) is 9.59 Å². The summed E-state index contributed by atoms with van der Waals surface area (Å²) in [5.41, 5.74) is 2.22. The van der Waals surface area contributed by atoms with Crippen molar-refractivity contribution in [2.75, 3.05) is 70.6 Å². The number of benzene rings is 1. The van der Waals surface area contributed by atoms with Gasteiger partial charge < -0.3 is 35.0 Å². The first kappa shape index (κ1) is 24.8. The van der Waals surface area contributed by atoms with Crippen LogP contribution in [0, 0.1) is 11.8 Å². The standard InChI is InChI=1S/C25H38N4O5/c30-10-6-27-24(31)15-19-5-7-29-18-20(19)2-1-11-34-23-4-3-22(28-8-12-33-13-9-28)14-21(23)16-26-17-25(29)32/h3-4,14,19-20,26,30H,1-2,5-13,15-18H2,(H,27,31)/t19-,20-/m0/s1. The number of hydrogen-bond acceptors (Lipinski definition) is 7. The summed E-state index contributed by atoms with van der Waals surface area (Å²) in [6.07, 6.45) is 3.06. The van der Waals surface area contributed by atoms with Gasteiger partial charge in [0.15, 0.2) is 0 Å². The molecule has 0 saturated carbocycles. The fraction of sp³-hybridized carbons (Fsp3) is 0.680. The number of hydrogen-bond donors (Lipinski definition) is 3. The van der Waals surface area contributed by atoms with Crippen LogP contribution in [0.15, 0.2) is 18.2 Å². The molecule has 9 nitrogen and oxygen atoms in total. The Hall–Kier alpha value is -2.36. The quantitative estimate of drug-likeness (QED) is 0.579. The van der Waals surface area contributed by atoms with Crippen molar-refractivity contribution in [3.8, 4) is 5.75 Å². The van der Waals surface area contributed by atoms with Crippen LogP contribution >= 0.6 is 0 Å². The molecule has 2 atom stereocenters. The van der Waals surface area contributed by atoms with Gasteiger partial charge in [0.1, 0.15) is 5.75 Å². The Morgan fingerprint density at radius 2 is 1.97 bits per heavy atom. The Bertz CT molecular complexity index is 830. The Labute approximate surface area is 201 Å². The number of fused-ring (bicyclic) bond motifs is 3. The lowest BCUT2D eigenvalue weighted by molar-refractivity contribution is -0.133. The smallest absolute Gasteiger partial charge is 0.236 e. The summed E-state index contributed by atoms with van der Waals surface area (Å²) in [4.78, 5) is 29.4. The number of carbonyl (C=O) groups is 2. The van der Waals surface area contributed by atoms with E-state index in [1.807, 2.05) is 11.0 Å². The van der Waals surface area contributed by atoms with Crippen molar-refractivity contribution in [2.24, 2.45) is 11.8 Å². The van der Waals surface area contributed by atoms with Crippen molar-refractivity contribution in [3.63, 3.8) is 0 Å². The van der Waals surface area contributed by atoms with E-state index in [4.69, 9.17) is 14.6 Å². The molecule has 188 valence electrons. The normalized spacial score (nSPS) is 24.2. The number of carbonyl (C=O) groups excluding carboxylic acids is 2. The van der Waals surface area contributed by atoms with Crippen LogP contribution in [-0.4, -0.2) is 87.5 Å². The van der Waals surface area contributed by atoms with Gasteiger partial charge in [-0.25, -0.2) is 0 Å². The summed E-state index contributed by atoms with van der Waals surface area (Å²) in [6.45, 7) is 6.30. The first-order valence-electron chi connectivity index (χ1n) is 12.6. The molecule has 1 aromatic rings. The van der Waals surface area contributed by atoms with Crippen molar-refractivity contribution < 1.29 is 24.2 Å². The number of nitrogens with one attached hydrogen (secondary N) is 2. The van der Waals surface area contributed by atoms with Gasteiger partial charge in [-0.3, -0.25) is 9.59 Å². The molecule has 0 spiro atoms. The largest absolute Gasteiger partial charge is 0.493 e. The Kier molecular flexibility index (Phi) is 9.01. The van der Waals surface area contributed by atoms with Crippen LogP contribution in [0.25, 0.3) is 0 Å². The first-order valence-corrected chi connectivity index (χ1v) is 12.6. The number of aliphatic hydroxyl groups excluding tert-OH is 1. The summed E-state index contributed by atoms with van der Waals surface area (Å²) in [6, 6.07) is 6.31. The van der Waals surface area contributed by atoms with Crippen molar-refractivity contribution >= 4 is 17.5 Å². The fourth-order valence-corrected chi connectivity index (χ4v) is 5.22. The van der Waals surface area contributed by atoms with Gasteiger partial charge in [0.05, 0.1) is 33.0 Å². The van der Waals surface area contributed by atoms with E-state index in [1.165, 1.54) is 0 Å². The van der Waals surface area contributed by atoms with Crippen LogP contribution in [0.3, 0.4) is 0 Å². The number of piperidine rings is 1. The average Bonchev–Trinajstić information content (AvgIpc) is 2.87. The molecule has 9 heteroatoms. The van der Waals surface area contributed by atoms with Crippen LogP contribution in [-0.2, 0) is 20.9 Å². The molecule has 1 aromatic carbocycles. The third-order valence-electron chi connectivity index (χ3n) is 7.11. The van der Waals surface area contributed by atoms with Crippen molar-refractivity contribution in [1.29, 1.82) is 0 Å². The lowest BCUT2D eigenvalue weighted by atomic mass is 9.80. The van der Waals surface area contributed by atoms with Crippen molar-refractivity contribution in [3.05, 3.63) is 23.8 Å². The van der Waals surface area contributed by atoms with Crippen molar-refractivity contribution in [2.45, 2.75) is 32.2 Å². The molecule has 0 unspecified atom stereocenters. The monoisotopic (exact) mass is 474 g/mol. The zero-order chi connectivity index (χ0) is 23.8. The molecule has 0 radical (unpaired) electrons. The molecule has 34 heavy (non-hydrogen) atoms. The van der Waals surface area contributed by atoms with Gasteiger partial charge in [-0.05, 0) is 49.3 Å². The molecule has 2 saturated heterocycles. The molecule has 3 N–H and O–H groups in total. The van der Waals surface area contributed by atoms with E-state index in [0.29, 0.717) is 32.7 Å². The maximum absolute atomic E-state index is 12.9.